The average Bonchev–Trinajstić information content (AvgIpc) is 2.55. The van der Waals surface area contributed by atoms with E-state index in [1.807, 2.05) is 0 Å². The Kier molecular flexibility index (Phi) is 3.18. The van der Waals surface area contributed by atoms with Gasteiger partial charge in [-0.2, -0.15) is 0 Å². The van der Waals surface area contributed by atoms with Gasteiger partial charge in [0.15, 0.2) is 0 Å². The summed E-state index contributed by atoms with van der Waals surface area (Å²) in [5.74, 6) is 0.999. The summed E-state index contributed by atoms with van der Waals surface area (Å²) in [4.78, 5) is 5.44. The molecule has 2 bridgehead atoms. The van der Waals surface area contributed by atoms with Crippen molar-refractivity contribution in [3.05, 3.63) is 0 Å². The summed E-state index contributed by atoms with van der Waals surface area (Å²) in [5.41, 5.74) is 0. The van der Waals surface area contributed by atoms with E-state index in [-0.39, 0.29) is 0 Å². The molecule has 4 fully saturated rings. The summed E-state index contributed by atoms with van der Waals surface area (Å²) in [5, 5.41) is 3.60. The number of rotatable bonds is 1. The third-order valence-corrected chi connectivity index (χ3v) is 4.83. The Morgan fingerprint density at radius 1 is 1.00 bits per heavy atom. The molecule has 0 amide bonds. The average molecular weight is 223 g/mol. The first-order chi connectivity index (χ1) is 7.83. The first-order valence-corrected chi connectivity index (χ1v) is 7.03. The molecular weight excluding hydrogens is 198 g/mol. The number of nitrogens with zero attached hydrogens (tertiary/aromatic N) is 2. The van der Waals surface area contributed by atoms with Crippen LogP contribution in [-0.4, -0.2) is 61.2 Å². The highest BCUT2D eigenvalue weighted by atomic mass is 15.3. The van der Waals surface area contributed by atoms with Gasteiger partial charge in [-0.1, -0.05) is 0 Å². The van der Waals surface area contributed by atoms with Gasteiger partial charge in [0.1, 0.15) is 0 Å². The first-order valence-electron chi connectivity index (χ1n) is 7.03. The van der Waals surface area contributed by atoms with Crippen molar-refractivity contribution in [3.8, 4) is 0 Å². The second-order valence-corrected chi connectivity index (χ2v) is 5.89. The van der Waals surface area contributed by atoms with Gasteiger partial charge >= 0.3 is 0 Å². The van der Waals surface area contributed by atoms with Crippen molar-refractivity contribution in [1.82, 2.24) is 15.1 Å². The van der Waals surface area contributed by atoms with Crippen molar-refractivity contribution in [3.63, 3.8) is 0 Å². The highest BCUT2D eigenvalue weighted by Crippen LogP contribution is 2.31. The van der Waals surface area contributed by atoms with Crippen LogP contribution in [0.5, 0.6) is 0 Å². The Hall–Kier alpha value is -0.120. The van der Waals surface area contributed by atoms with Crippen LogP contribution in [0.1, 0.15) is 26.2 Å². The van der Waals surface area contributed by atoms with E-state index in [0.29, 0.717) is 6.04 Å². The van der Waals surface area contributed by atoms with E-state index in [9.17, 15) is 0 Å². The van der Waals surface area contributed by atoms with Gasteiger partial charge < -0.3 is 10.2 Å². The topological polar surface area (TPSA) is 18.5 Å². The van der Waals surface area contributed by atoms with E-state index < -0.39 is 0 Å². The fourth-order valence-corrected chi connectivity index (χ4v) is 3.71. The molecule has 0 aromatic heterocycles. The molecule has 4 aliphatic heterocycles. The molecule has 4 aliphatic rings. The van der Waals surface area contributed by atoms with Gasteiger partial charge in [-0.05, 0) is 45.2 Å². The fraction of sp³-hybridized carbons (Fsp3) is 1.00. The lowest BCUT2D eigenvalue weighted by Gasteiger charge is -2.49. The lowest BCUT2D eigenvalue weighted by molar-refractivity contribution is 0.00785. The maximum absolute atomic E-state index is 3.60. The normalized spacial score (nSPS) is 45.6. The molecule has 2 atom stereocenters. The summed E-state index contributed by atoms with van der Waals surface area (Å²) in [7, 11) is 0. The number of hydrogen-bond donors (Lipinski definition) is 1. The summed E-state index contributed by atoms with van der Waals surface area (Å²) in [6, 6.07) is 1.58. The second-order valence-electron chi connectivity index (χ2n) is 5.89. The molecular formula is C13H25N3. The predicted octanol–water partition coefficient (Wildman–Crippen LogP) is 0.764. The van der Waals surface area contributed by atoms with Gasteiger partial charge in [0.05, 0.1) is 0 Å². The fourth-order valence-electron chi connectivity index (χ4n) is 3.71. The number of piperidine rings is 3. The maximum Gasteiger partial charge on any atom is 0.0252 e. The van der Waals surface area contributed by atoms with Crippen LogP contribution in [0, 0.1) is 5.92 Å². The lowest BCUT2D eigenvalue weighted by atomic mass is 9.83. The molecule has 92 valence electrons. The molecule has 0 spiro atoms. The quantitative estimate of drug-likeness (QED) is 0.708. The highest BCUT2D eigenvalue weighted by molar-refractivity contribution is 4.93. The van der Waals surface area contributed by atoms with Crippen LogP contribution in [0.2, 0.25) is 0 Å². The van der Waals surface area contributed by atoms with Gasteiger partial charge in [0.2, 0.25) is 0 Å². The first kappa shape index (κ1) is 11.0. The third-order valence-electron chi connectivity index (χ3n) is 4.83. The third kappa shape index (κ3) is 2.13. The monoisotopic (exact) mass is 223 g/mol. The molecule has 0 aliphatic carbocycles. The minimum atomic E-state index is 0.714. The molecule has 0 aromatic carbocycles. The number of nitrogens with one attached hydrogen (secondary N) is 1. The Labute approximate surface area is 99.2 Å². The molecule has 1 N–H and O–H groups in total. The minimum absolute atomic E-state index is 0.714. The Bertz CT molecular complexity index is 235. The summed E-state index contributed by atoms with van der Waals surface area (Å²) in [6.45, 7) is 10.2. The SMILES string of the molecule is CC1CCN(C2CN3CCC2CC3)CCN1. The zero-order valence-corrected chi connectivity index (χ0v) is 10.5. The number of fused-ring (bicyclic) bond motifs is 3. The molecule has 0 saturated carbocycles. The van der Waals surface area contributed by atoms with E-state index >= 15 is 0 Å². The van der Waals surface area contributed by atoms with Gasteiger partial charge in [0.25, 0.3) is 0 Å². The molecule has 3 heteroatoms. The zero-order valence-electron chi connectivity index (χ0n) is 10.5. The zero-order chi connectivity index (χ0) is 11.0. The van der Waals surface area contributed by atoms with Crippen LogP contribution in [0.4, 0.5) is 0 Å². The van der Waals surface area contributed by atoms with Crippen LogP contribution in [0.3, 0.4) is 0 Å². The van der Waals surface area contributed by atoms with Gasteiger partial charge in [0, 0.05) is 38.3 Å². The van der Waals surface area contributed by atoms with Gasteiger partial charge in [-0.25, -0.2) is 0 Å². The van der Waals surface area contributed by atoms with E-state index in [1.54, 1.807) is 0 Å². The van der Waals surface area contributed by atoms with Gasteiger partial charge in [-0.3, -0.25) is 4.90 Å². The molecule has 16 heavy (non-hydrogen) atoms. The van der Waals surface area contributed by atoms with Crippen molar-refractivity contribution >= 4 is 0 Å². The van der Waals surface area contributed by atoms with Crippen molar-refractivity contribution < 1.29 is 0 Å². The molecule has 2 unspecified atom stereocenters. The van der Waals surface area contributed by atoms with Crippen molar-refractivity contribution in [2.75, 3.05) is 39.3 Å². The minimum Gasteiger partial charge on any atom is -0.313 e. The molecule has 0 aromatic rings. The molecule has 3 nitrogen and oxygen atoms in total. The van der Waals surface area contributed by atoms with Crippen LogP contribution >= 0.6 is 0 Å². The van der Waals surface area contributed by atoms with Crippen LogP contribution < -0.4 is 5.32 Å². The summed E-state index contributed by atoms with van der Waals surface area (Å²) < 4.78 is 0. The van der Waals surface area contributed by atoms with E-state index in [1.165, 1.54) is 58.5 Å². The molecule has 0 radical (unpaired) electrons. The predicted molar refractivity (Wildman–Crippen MR) is 66.6 cm³/mol. The van der Waals surface area contributed by atoms with Crippen molar-refractivity contribution in [2.24, 2.45) is 5.92 Å². The largest absolute Gasteiger partial charge is 0.313 e. The van der Waals surface area contributed by atoms with E-state index in [2.05, 4.69) is 22.0 Å². The van der Waals surface area contributed by atoms with E-state index in [0.717, 1.165) is 12.0 Å². The second kappa shape index (κ2) is 4.63. The highest BCUT2D eigenvalue weighted by Gasteiger charge is 2.37. The number of hydrogen-bond acceptors (Lipinski definition) is 3. The Balaban J connectivity index is 1.63. The smallest absolute Gasteiger partial charge is 0.0252 e. The maximum atomic E-state index is 3.60. The lowest BCUT2D eigenvalue weighted by Crippen LogP contribution is -2.57. The molecule has 4 saturated heterocycles. The van der Waals surface area contributed by atoms with Crippen molar-refractivity contribution in [2.45, 2.75) is 38.3 Å². The van der Waals surface area contributed by atoms with Gasteiger partial charge in [-0.15, -0.1) is 0 Å². The Morgan fingerprint density at radius 3 is 2.50 bits per heavy atom. The summed E-state index contributed by atoms with van der Waals surface area (Å²) in [6.07, 6.45) is 4.22. The van der Waals surface area contributed by atoms with Crippen LogP contribution in [-0.2, 0) is 0 Å². The Morgan fingerprint density at radius 2 is 1.81 bits per heavy atom. The van der Waals surface area contributed by atoms with Crippen LogP contribution in [0.25, 0.3) is 0 Å². The van der Waals surface area contributed by atoms with Crippen LogP contribution in [0.15, 0.2) is 0 Å². The van der Waals surface area contributed by atoms with Crippen molar-refractivity contribution in [1.29, 1.82) is 0 Å². The molecule has 4 rings (SSSR count). The molecule has 4 heterocycles. The summed E-state index contributed by atoms with van der Waals surface area (Å²) >= 11 is 0. The van der Waals surface area contributed by atoms with E-state index in [4.69, 9.17) is 0 Å². The standard InChI is InChI=1S/C13H25N3/c1-11-2-8-16(9-5-14-11)13-10-15-6-3-12(13)4-7-15/h11-14H,2-10H2,1H3.